The number of carbonyl (C=O) groups is 1. The summed E-state index contributed by atoms with van der Waals surface area (Å²) in [5.41, 5.74) is 2.35. The van der Waals surface area contributed by atoms with E-state index in [-0.39, 0.29) is 5.91 Å². The van der Waals surface area contributed by atoms with Crippen molar-refractivity contribution in [3.8, 4) is 0 Å². The number of aromatic nitrogens is 1. The Bertz CT molecular complexity index is 631. The number of nitrogens with zero attached hydrogens (tertiary/aromatic N) is 1. The summed E-state index contributed by atoms with van der Waals surface area (Å²) in [5, 5.41) is 4.41. The first-order valence-corrected chi connectivity index (χ1v) is 9.66. The molecule has 1 aliphatic carbocycles. The molecule has 0 saturated heterocycles. The van der Waals surface area contributed by atoms with Crippen molar-refractivity contribution in [1.29, 1.82) is 0 Å². The van der Waals surface area contributed by atoms with Gasteiger partial charge >= 0.3 is 0 Å². The molecule has 0 spiro atoms. The number of fused-ring (bicyclic) bond motifs is 1. The van der Waals surface area contributed by atoms with Crippen LogP contribution in [0.3, 0.4) is 0 Å². The lowest BCUT2D eigenvalue weighted by Gasteiger charge is -2.06. The predicted octanol–water partition coefficient (Wildman–Crippen LogP) is 4.55. The number of nitrogens with one attached hydrogen (secondary N) is 1. The molecular weight excluding hydrogens is 336 g/mol. The predicted molar refractivity (Wildman–Crippen MR) is 95.0 cm³/mol. The fourth-order valence-electron chi connectivity index (χ4n) is 2.40. The van der Waals surface area contributed by atoms with Gasteiger partial charge in [0.2, 0.25) is 5.91 Å². The number of thioether (sulfide) groups is 1. The van der Waals surface area contributed by atoms with E-state index in [1.54, 1.807) is 23.1 Å². The third kappa shape index (κ3) is 4.24. The minimum Gasteiger partial charge on any atom is -0.301 e. The Kier molecular flexibility index (Phi) is 5.39. The van der Waals surface area contributed by atoms with Gasteiger partial charge in [-0.3, -0.25) is 4.79 Å². The summed E-state index contributed by atoms with van der Waals surface area (Å²) in [6.45, 7) is 0. The number of carbonyl (C=O) groups excluding carboxylic acids is 1. The van der Waals surface area contributed by atoms with E-state index in [4.69, 9.17) is 11.6 Å². The smallest absolute Gasteiger partial charge is 0.236 e. The summed E-state index contributed by atoms with van der Waals surface area (Å²) in [5.74, 6) is 1.26. The van der Waals surface area contributed by atoms with E-state index in [9.17, 15) is 4.79 Å². The molecule has 1 N–H and O–H groups in total. The molecule has 0 bridgehead atoms. The van der Waals surface area contributed by atoms with Crippen molar-refractivity contribution < 1.29 is 4.79 Å². The first-order valence-electron chi connectivity index (χ1n) is 7.31. The second kappa shape index (κ2) is 7.49. The molecule has 2 aromatic rings. The minimum absolute atomic E-state index is 0.0186. The highest BCUT2D eigenvalue weighted by molar-refractivity contribution is 7.99. The lowest BCUT2D eigenvalue weighted by molar-refractivity contribution is -0.113. The van der Waals surface area contributed by atoms with Gasteiger partial charge in [-0.25, -0.2) is 4.98 Å². The van der Waals surface area contributed by atoms with Crippen molar-refractivity contribution in [2.24, 2.45) is 0 Å². The van der Waals surface area contributed by atoms with Gasteiger partial charge in [-0.1, -0.05) is 23.7 Å². The molecule has 1 aliphatic rings. The van der Waals surface area contributed by atoms with Crippen molar-refractivity contribution in [3.05, 3.63) is 45.4 Å². The van der Waals surface area contributed by atoms with Gasteiger partial charge in [0.05, 0.1) is 11.4 Å². The van der Waals surface area contributed by atoms with E-state index in [1.165, 1.54) is 29.0 Å². The quantitative estimate of drug-likeness (QED) is 0.858. The number of hydrogen-bond acceptors (Lipinski definition) is 4. The van der Waals surface area contributed by atoms with Gasteiger partial charge in [0, 0.05) is 15.7 Å². The summed E-state index contributed by atoms with van der Waals surface area (Å²) in [6.07, 6.45) is 4.60. The first kappa shape index (κ1) is 15.8. The fourth-order valence-corrected chi connectivity index (χ4v) is 4.38. The lowest BCUT2D eigenvalue weighted by Crippen LogP contribution is -2.14. The van der Waals surface area contributed by atoms with Crippen LogP contribution in [-0.4, -0.2) is 16.6 Å². The Morgan fingerprint density at radius 2 is 2.05 bits per heavy atom. The van der Waals surface area contributed by atoms with Crippen LogP contribution in [-0.2, 0) is 23.4 Å². The van der Waals surface area contributed by atoms with Gasteiger partial charge in [-0.2, -0.15) is 0 Å². The van der Waals surface area contributed by atoms with Gasteiger partial charge in [0.1, 0.15) is 0 Å². The molecular formula is C16H17ClN2OS2. The third-order valence-electron chi connectivity index (χ3n) is 3.51. The minimum atomic E-state index is 0.0186. The van der Waals surface area contributed by atoms with Crippen LogP contribution in [0, 0.1) is 0 Å². The van der Waals surface area contributed by atoms with Crippen molar-refractivity contribution >= 4 is 45.7 Å². The zero-order valence-corrected chi connectivity index (χ0v) is 14.5. The molecule has 0 fully saturated rings. The second-order valence-corrected chi connectivity index (χ2v) is 7.77. The molecule has 1 heterocycles. The maximum Gasteiger partial charge on any atom is 0.236 e. The fraction of sp³-hybridized carbons (Fsp3) is 0.375. The SMILES string of the molecule is O=C(CSCc1ccc(Cl)cc1)Nc1nc2c(s1)CCCC2. The molecule has 0 atom stereocenters. The number of rotatable bonds is 5. The molecule has 0 aliphatic heterocycles. The maximum absolute atomic E-state index is 12.0. The van der Waals surface area contributed by atoms with Gasteiger partial charge < -0.3 is 5.32 Å². The number of aryl methyl sites for hydroxylation is 2. The molecule has 0 unspecified atom stereocenters. The Morgan fingerprint density at radius 1 is 1.27 bits per heavy atom. The number of hydrogen-bond donors (Lipinski definition) is 1. The summed E-state index contributed by atoms with van der Waals surface area (Å²) in [6, 6.07) is 7.72. The van der Waals surface area contributed by atoms with E-state index in [1.807, 2.05) is 24.3 Å². The summed E-state index contributed by atoms with van der Waals surface area (Å²) in [4.78, 5) is 17.9. The summed E-state index contributed by atoms with van der Waals surface area (Å²) < 4.78 is 0. The van der Waals surface area contributed by atoms with E-state index in [2.05, 4.69) is 10.3 Å². The van der Waals surface area contributed by atoms with E-state index >= 15 is 0 Å². The van der Waals surface area contributed by atoms with Crippen LogP contribution in [0.5, 0.6) is 0 Å². The van der Waals surface area contributed by atoms with Crippen LogP contribution < -0.4 is 5.32 Å². The number of benzene rings is 1. The van der Waals surface area contributed by atoms with E-state index < -0.39 is 0 Å². The van der Waals surface area contributed by atoms with Crippen LogP contribution >= 0.6 is 34.7 Å². The molecule has 22 heavy (non-hydrogen) atoms. The highest BCUT2D eigenvalue weighted by Crippen LogP contribution is 2.29. The van der Waals surface area contributed by atoms with Crippen molar-refractivity contribution in [1.82, 2.24) is 4.98 Å². The zero-order valence-electron chi connectivity index (χ0n) is 12.1. The van der Waals surface area contributed by atoms with Gasteiger partial charge in [-0.05, 0) is 43.4 Å². The molecule has 1 aromatic carbocycles. The van der Waals surface area contributed by atoms with Crippen LogP contribution in [0.15, 0.2) is 24.3 Å². The van der Waals surface area contributed by atoms with Crippen LogP contribution in [0.2, 0.25) is 5.02 Å². The molecule has 1 aromatic heterocycles. The molecule has 1 amide bonds. The molecule has 3 nitrogen and oxygen atoms in total. The van der Waals surface area contributed by atoms with Gasteiger partial charge in [0.15, 0.2) is 5.13 Å². The highest BCUT2D eigenvalue weighted by Gasteiger charge is 2.16. The molecule has 116 valence electrons. The summed E-state index contributed by atoms with van der Waals surface area (Å²) >= 11 is 9.08. The monoisotopic (exact) mass is 352 g/mol. The molecule has 6 heteroatoms. The molecule has 0 saturated carbocycles. The largest absolute Gasteiger partial charge is 0.301 e. The lowest BCUT2D eigenvalue weighted by atomic mass is 10.0. The van der Waals surface area contributed by atoms with Crippen molar-refractivity contribution in [3.63, 3.8) is 0 Å². The average Bonchev–Trinajstić information content (AvgIpc) is 2.91. The van der Waals surface area contributed by atoms with Gasteiger partial charge in [0.25, 0.3) is 0 Å². The Morgan fingerprint density at radius 3 is 2.82 bits per heavy atom. The molecule has 3 rings (SSSR count). The average molecular weight is 353 g/mol. The van der Waals surface area contributed by atoms with Crippen molar-refractivity contribution in [2.45, 2.75) is 31.4 Å². The zero-order chi connectivity index (χ0) is 15.4. The number of halogens is 1. The topological polar surface area (TPSA) is 42.0 Å². The van der Waals surface area contributed by atoms with Crippen molar-refractivity contribution in [2.75, 3.05) is 11.1 Å². The van der Waals surface area contributed by atoms with E-state index in [0.29, 0.717) is 5.75 Å². The third-order valence-corrected chi connectivity index (χ3v) is 5.84. The van der Waals surface area contributed by atoms with Crippen LogP contribution in [0.1, 0.15) is 29.0 Å². The van der Waals surface area contributed by atoms with E-state index in [0.717, 1.165) is 28.7 Å². The number of thiazole rings is 1. The Hall–Kier alpha value is -1.04. The normalized spacial score (nSPS) is 13.7. The van der Waals surface area contributed by atoms with Crippen LogP contribution in [0.25, 0.3) is 0 Å². The molecule has 0 radical (unpaired) electrons. The highest BCUT2D eigenvalue weighted by atomic mass is 35.5. The standard InChI is InChI=1S/C16H17ClN2OS2/c17-12-7-5-11(6-8-12)9-21-10-15(20)19-16-18-13-3-1-2-4-14(13)22-16/h5-8H,1-4,9-10H2,(H,18,19,20). The first-order chi connectivity index (χ1) is 10.7. The Labute approximate surface area is 143 Å². The van der Waals surface area contributed by atoms with Crippen LogP contribution in [0.4, 0.5) is 5.13 Å². The number of amides is 1. The second-order valence-electron chi connectivity index (χ2n) is 5.26. The number of anilines is 1. The Balaban J connectivity index is 1.46. The maximum atomic E-state index is 12.0. The van der Waals surface area contributed by atoms with Gasteiger partial charge in [-0.15, -0.1) is 23.1 Å². The summed E-state index contributed by atoms with van der Waals surface area (Å²) in [7, 11) is 0.